The number of carboxylic acid groups (broad SMARTS) is 1. The van der Waals surface area contributed by atoms with Gasteiger partial charge in [0, 0.05) is 0 Å². The molecule has 18 heavy (non-hydrogen) atoms. The number of aliphatic carboxylic acids is 1. The molecule has 0 aliphatic heterocycles. The van der Waals surface area contributed by atoms with Crippen LogP contribution in [-0.2, 0) is 9.59 Å². The summed E-state index contributed by atoms with van der Waals surface area (Å²) in [7, 11) is 0. The Kier molecular flexibility index (Phi) is 5.07. The normalized spacial score (nSPS) is 13.4. The quantitative estimate of drug-likeness (QED) is 0.650. The van der Waals surface area contributed by atoms with E-state index in [-0.39, 0.29) is 0 Å². The highest BCUT2D eigenvalue weighted by atomic mass is 16.4. The van der Waals surface area contributed by atoms with Crippen molar-refractivity contribution in [2.45, 2.75) is 18.5 Å². The molecule has 0 aliphatic carbocycles. The predicted molar refractivity (Wildman–Crippen MR) is 67.8 cm³/mol. The fourth-order valence-corrected chi connectivity index (χ4v) is 1.47. The molecule has 5 nitrogen and oxygen atoms in total. The van der Waals surface area contributed by atoms with Crippen molar-refractivity contribution < 1.29 is 14.7 Å². The van der Waals surface area contributed by atoms with Crippen LogP contribution in [-0.4, -0.2) is 23.0 Å². The first kappa shape index (κ1) is 13.9. The number of carboxylic acids is 1. The summed E-state index contributed by atoms with van der Waals surface area (Å²) >= 11 is 0. The van der Waals surface area contributed by atoms with Crippen molar-refractivity contribution in [3.05, 3.63) is 48.6 Å². The number of amides is 1. The van der Waals surface area contributed by atoms with E-state index in [2.05, 4.69) is 11.9 Å². The third-order valence-corrected chi connectivity index (χ3v) is 2.42. The van der Waals surface area contributed by atoms with Crippen molar-refractivity contribution in [3.8, 4) is 0 Å². The van der Waals surface area contributed by atoms with Crippen LogP contribution < -0.4 is 11.1 Å². The van der Waals surface area contributed by atoms with Crippen LogP contribution in [0.5, 0.6) is 0 Å². The molecule has 0 spiro atoms. The molecule has 1 aromatic rings. The summed E-state index contributed by atoms with van der Waals surface area (Å²) in [6.45, 7) is 3.48. The SMILES string of the molecule is C=CCC(N)C(=O)NC(C(=O)O)c1ccccc1. The zero-order chi connectivity index (χ0) is 13.5. The second-order valence-electron chi connectivity index (χ2n) is 3.82. The van der Waals surface area contributed by atoms with Crippen LogP contribution in [0.4, 0.5) is 0 Å². The van der Waals surface area contributed by atoms with Gasteiger partial charge < -0.3 is 16.2 Å². The molecule has 5 heteroatoms. The first-order valence-corrected chi connectivity index (χ1v) is 5.51. The van der Waals surface area contributed by atoms with Crippen LogP contribution in [0.1, 0.15) is 18.0 Å². The summed E-state index contributed by atoms with van der Waals surface area (Å²) in [6, 6.07) is 6.59. The van der Waals surface area contributed by atoms with Gasteiger partial charge in [-0.15, -0.1) is 6.58 Å². The van der Waals surface area contributed by atoms with E-state index in [1.165, 1.54) is 6.08 Å². The second-order valence-corrected chi connectivity index (χ2v) is 3.82. The average Bonchev–Trinajstić information content (AvgIpc) is 2.36. The minimum atomic E-state index is -1.12. The fraction of sp³-hybridized carbons (Fsp3) is 0.231. The zero-order valence-electron chi connectivity index (χ0n) is 9.87. The molecule has 0 fully saturated rings. The lowest BCUT2D eigenvalue weighted by molar-refractivity contribution is -0.142. The molecule has 1 aromatic carbocycles. The maximum absolute atomic E-state index is 11.7. The molecule has 0 aromatic heterocycles. The second kappa shape index (κ2) is 6.56. The highest BCUT2D eigenvalue weighted by molar-refractivity contribution is 5.87. The van der Waals surface area contributed by atoms with Gasteiger partial charge in [0.25, 0.3) is 0 Å². The Bertz CT molecular complexity index is 431. The van der Waals surface area contributed by atoms with Gasteiger partial charge >= 0.3 is 5.97 Å². The lowest BCUT2D eigenvalue weighted by Gasteiger charge is -2.17. The summed E-state index contributed by atoms with van der Waals surface area (Å²) in [5, 5.41) is 11.5. The Morgan fingerprint density at radius 1 is 1.39 bits per heavy atom. The van der Waals surface area contributed by atoms with E-state index in [4.69, 9.17) is 10.8 Å². The first-order valence-electron chi connectivity index (χ1n) is 5.51. The molecule has 0 bridgehead atoms. The number of carbonyl (C=O) groups is 2. The van der Waals surface area contributed by atoms with Crippen LogP contribution in [0.2, 0.25) is 0 Å². The van der Waals surface area contributed by atoms with Gasteiger partial charge in [-0.05, 0) is 12.0 Å². The van der Waals surface area contributed by atoms with Gasteiger partial charge in [0.05, 0.1) is 6.04 Å². The third-order valence-electron chi connectivity index (χ3n) is 2.42. The molecule has 96 valence electrons. The van der Waals surface area contributed by atoms with E-state index in [0.717, 1.165) is 0 Å². The van der Waals surface area contributed by atoms with E-state index in [9.17, 15) is 9.59 Å². The first-order chi connectivity index (χ1) is 8.56. The highest BCUT2D eigenvalue weighted by Gasteiger charge is 2.23. The Labute approximate surface area is 105 Å². The van der Waals surface area contributed by atoms with E-state index in [1.807, 2.05) is 0 Å². The number of nitrogens with two attached hydrogens (primary N) is 1. The molecule has 4 N–H and O–H groups in total. The lowest BCUT2D eigenvalue weighted by atomic mass is 10.1. The molecule has 2 atom stereocenters. The van der Waals surface area contributed by atoms with Crippen LogP contribution >= 0.6 is 0 Å². The van der Waals surface area contributed by atoms with Gasteiger partial charge in [-0.2, -0.15) is 0 Å². The Balaban J connectivity index is 2.79. The van der Waals surface area contributed by atoms with Crippen molar-refractivity contribution in [1.29, 1.82) is 0 Å². The Hall–Kier alpha value is -2.14. The van der Waals surface area contributed by atoms with Crippen molar-refractivity contribution in [2.24, 2.45) is 5.73 Å². The van der Waals surface area contributed by atoms with Gasteiger partial charge in [0.15, 0.2) is 6.04 Å². The molecule has 0 saturated heterocycles. The summed E-state index contributed by atoms with van der Waals surface area (Å²) in [5.74, 6) is -1.63. The molecule has 2 unspecified atom stereocenters. The average molecular weight is 248 g/mol. The van der Waals surface area contributed by atoms with Crippen molar-refractivity contribution in [3.63, 3.8) is 0 Å². The fourth-order valence-electron chi connectivity index (χ4n) is 1.47. The van der Waals surface area contributed by atoms with Gasteiger partial charge in [-0.25, -0.2) is 4.79 Å². The molecule has 1 amide bonds. The van der Waals surface area contributed by atoms with Crippen LogP contribution in [0.3, 0.4) is 0 Å². The summed E-state index contributed by atoms with van der Waals surface area (Å²) in [6.07, 6.45) is 1.81. The highest BCUT2D eigenvalue weighted by Crippen LogP contribution is 2.12. The lowest BCUT2D eigenvalue weighted by Crippen LogP contribution is -2.44. The largest absolute Gasteiger partial charge is 0.479 e. The number of rotatable bonds is 6. The third kappa shape index (κ3) is 3.71. The maximum Gasteiger partial charge on any atom is 0.330 e. The smallest absolute Gasteiger partial charge is 0.330 e. The summed E-state index contributed by atoms with van der Waals surface area (Å²) < 4.78 is 0. The van der Waals surface area contributed by atoms with Crippen molar-refractivity contribution in [1.82, 2.24) is 5.32 Å². The standard InChI is InChI=1S/C13H16N2O3/c1-2-6-10(14)12(16)15-11(13(17)18)9-7-4-3-5-8-9/h2-5,7-8,10-11H,1,6,14H2,(H,15,16)(H,17,18). The number of benzene rings is 1. The van der Waals surface area contributed by atoms with Gasteiger partial charge in [-0.3, -0.25) is 4.79 Å². The van der Waals surface area contributed by atoms with Crippen LogP contribution in [0.25, 0.3) is 0 Å². The molecular weight excluding hydrogens is 232 g/mol. The number of nitrogens with one attached hydrogen (secondary N) is 1. The van der Waals surface area contributed by atoms with Gasteiger partial charge in [0.2, 0.25) is 5.91 Å². The topological polar surface area (TPSA) is 92.4 Å². The summed E-state index contributed by atoms with van der Waals surface area (Å²) in [4.78, 5) is 22.8. The minimum Gasteiger partial charge on any atom is -0.479 e. The van der Waals surface area contributed by atoms with Gasteiger partial charge in [0.1, 0.15) is 0 Å². The number of hydrogen-bond acceptors (Lipinski definition) is 3. The predicted octanol–water partition coefficient (Wildman–Crippen LogP) is 0.832. The van der Waals surface area contributed by atoms with E-state index < -0.39 is 24.0 Å². The van der Waals surface area contributed by atoms with E-state index >= 15 is 0 Å². The molecule has 0 aliphatic rings. The van der Waals surface area contributed by atoms with Crippen molar-refractivity contribution in [2.75, 3.05) is 0 Å². The zero-order valence-corrected chi connectivity index (χ0v) is 9.87. The maximum atomic E-state index is 11.7. The number of hydrogen-bond donors (Lipinski definition) is 3. The van der Waals surface area contributed by atoms with E-state index in [1.54, 1.807) is 30.3 Å². The summed E-state index contributed by atoms with van der Waals surface area (Å²) in [5.41, 5.74) is 6.08. The van der Waals surface area contributed by atoms with Gasteiger partial charge in [-0.1, -0.05) is 36.4 Å². The number of carbonyl (C=O) groups excluding carboxylic acids is 1. The van der Waals surface area contributed by atoms with Crippen LogP contribution in [0, 0.1) is 0 Å². The molecule has 0 saturated carbocycles. The molecule has 0 radical (unpaired) electrons. The van der Waals surface area contributed by atoms with Crippen LogP contribution in [0.15, 0.2) is 43.0 Å². The Morgan fingerprint density at radius 2 is 2.00 bits per heavy atom. The van der Waals surface area contributed by atoms with Crippen molar-refractivity contribution >= 4 is 11.9 Å². The minimum absolute atomic E-state index is 0.299. The molecular formula is C13H16N2O3. The molecule has 0 heterocycles. The Morgan fingerprint density at radius 3 is 2.50 bits per heavy atom. The monoisotopic (exact) mass is 248 g/mol. The van der Waals surface area contributed by atoms with E-state index in [0.29, 0.717) is 12.0 Å². The molecule has 1 rings (SSSR count).